The van der Waals surface area contributed by atoms with Crippen LogP contribution in [0.2, 0.25) is 5.02 Å². The molecule has 6 heteroatoms. The Morgan fingerprint density at radius 2 is 2.17 bits per heavy atom. The van der Waals surface area contributed by atoms with Gasteiger partial charge in [-0.05, 0) is 32.0 Å². The van der Waals surface area contributed by atoms with Crippen LogP contribution in [0.3, 0.4) is 0 Å². The number of benzene rings is 1. The molecule has 18 heavy (non-hydrogen) atoms. The Morgan fingerprint density at radius 3 is 2.72 bits per heavy atom. The monoisotopic (exact) mass is 272 g/mol. The van der Waals surface area contributed by atoms with Crippen LogP contribution in [0.1, 0.15) is 19.4 Å². The van der Waals surface area contributed by atoms with Gasteiger partial charge in [0, 0.05) is 5.56 Å². The Labute approximate surface area is 111 Å². The topological polar surface area (TPSA) is 77.1 Å². The third-order valence-electron chi connectivity index (χ3n) is 2.13. The minimum Gasteiger partial charge on any atom is -0.490 e. The molecule has 0 saturated carbocycles. The molecule has 5 nitrogen and oxygen atoms in total. The normalized spacial score (nSPS) is 11.9. The maximum atomic E-state index is 8.55. The van der Waals surface area contributed by atoms with Gasteiger partial charge in [-0.25, -0.2) is 0 Å². The number of hydrogen-bond acceptors (Lipinski definition) is 4. The van der Waals surface area contributed by atoms with Crippen LogP contribution in [0.5, 0.6) is 5.75 Å². The quantitative estimate of drug-likeness (QED) is 0.274. The lowest BCUT2D eigenvalue weighted by Gasteiger charge is -2.11. The molecule has 0 radical (unpaired) electrons. The summed E-state index contributed by atoms with van der Waals surface area (Å²) in [5.41, 5.74) is 5.98. The second-order valence-electron chi connectivity index (χ2n) is 3.90. The van der Waals surface area contributed by atoms with Gasteiger partial charge in [0.15, 0.2) is 5.84 Å². The van der Waals surface area contributed by atoms with Gasteiger partial charge < -0.3 is 20.4 Å². The van der Waals surface area contributed by atoms with Crippen LogP contribution in [-0.2, 0) is 4.74 Å². The zero-order valence-corrected chi connectivity index (χ0v) is 11.1. The molecule has 0 aromatic heterocycles. The third-order valence-corrected chi connectivity index (χ3v) is 2.42. The van der Waals surface area contributed by atoms with E-state index < -0.39 is 0 Å². The molecule has 0 spiro atoms. The number of halogens is 1. The van der Waals surface area contributed by atoms with Gasteiger partial charge in [-0.3, -0.25) is 0 Å². The van der Waals surface area contributed by atoms with E-state index in [-0.39, 0.29) is 11.9 Å². The molecule has 100 valence electrons. The van der Waals surface area contributed by atoms with Gasteiger partial charge in [-0.1, -0.05) is 16.8 Å². The number of amidine groups is 1. The van der Waals surface area contributed by atoms with E-state index in [9.17, 15) is 0 Å². The molecule has 0 saturated heterocycles. The van der Waals surface area contributed by atoms with E-state index in [2.05, 4.69) is 5.16 Å². The van der Waals surface area contributed by atoms with Gasteiger partial charge in [0.25, 0.3) is 0 Å². The minimum absolute atomic E-state index is 0.00610. The summed E-state index contributed by atoms with van der Waals surface area (Å²) in [6.45, 7) is 4.83. The number of oxime groups is 1. The van der Waals surface area contributed by atoms with Crippen molar-refractivity contribution in [2.24, 2.45) is 10.9 Å². The lowest BCUT2D eigenvalue weighted by molar-refractivity contribution is 0.0553. The SMILES string of the molecule is CC(C)OCCOc1ccc(C(N)=NO)cc1Cl. The maximum Gasteiger partial charge on any atom is 0.170 e. The maximum absolute atomic E-state index is 8.55. The lowest BCUT2D eigenvalue weighted by Crippen LogP contribution is -2.13. The summed E-state index contributed by atoms with van der Waals surface area (Å²) < 4.78 is 10.8. The molecule has 0 aliphatic rings. The highest BCUT2D eigenvalue weighted by molar-refractivity contribution is 6.32. The van der Waals surface area contributed by atoms with Crippen molar-refractivity contribution in [3.63, 3.8) is 0 Å². The number of rotatable bonds is 6. The standard InChI is InChI=1S/C12H17ClN2O3/c1-8(2)17-5-6-18-11-4-3-9(7-10(11)13)12(14)15-16/h3-4,7-8,16H,5-6H2,1-2H3,(H2,14,15). The molecule has 1 aromatic rings. The van der Waals surface area contributed by atoms with Crippen molar-refractivity contribution in [3.05, 3.63) is 28.8 Å². The molecule has 0 fully saturated rings. The molecular weight excluding hydrogens is 256 g/mol. The van der Waals surface area contributed by atoms with E-state index in [4.69, 9.17) is 32.0 Å². The molecule has 0 unspecified atom stereocenters. The van der Waals surface area contributed by atoms with Crippen LogP contribution in [0.25, 0.3) is 0 Å². The summed E-state index contributed by atoms with van der Waals surface area (Å²) in [6, 6.07) is 4.92. The van der Waals surface area contributed by atoms with Crippen molar-refractivity contribution in [1.82, 2.24) is 0 Å². The van der Waals surface area contributed by atoms with Crippen LogP contribution in [0.4, 0.5) is 0 Å². The zero-order valence-electron chi connectivity index (χ0n) is 10.4. The summed E-state index contributed by atoms with van der Waals surface area (Å²) in [5.74, 6) is 0.546. The highest BCUT2D eigenvalue weighted by Crippen LogP contribution is 2.25. The Balaban J connectivity index is 2.58. The van der Waals surface area contributed by atoms with Crippen molar-refractivity contribution in [3.8, 4) is 5.75 Å². The van der Waals surface area contributed by atoms with Crippen LogP contribution in [0, 0.1) is 0 Å². The van der Waals surface area contributed by atoms with E-state index in [1.807, 2.05) is 13.8 Å². The van der Waals surface area contributed by atoms with E-state index in [0.717, 1.165) is 0 Å². The first-order valence-corrected chi connectivity index (χ1v) is 5.94. The first-order valence-electron chi connectivity index (χ1n) is 5.56. The largest absolute Gasteiger partial charge is 0.490 e. The van der Waals surface area contributed by atoms with E-state index in [1.165, 1.54) is 0 Å². The summed E-state index contributed by atoms with van der Waals surface area (Å²) in [5, 5.41) is 11.9. The average molecular weight is 273 g/mol. The van der Waals surface area contributed by atoms with Crippen molar-refractivity contribution < 1.29 is 14.7 Å². The molecule has 0 amide bonds. The molecule has 0 bridgehead atoms. The second kappa shape index (κ2) is 7.08. The first kappa shape index (κ1) is 14.6. The molecule has 1 rings (SSSR count). The van der Waals surface area contributed by atoms with Gasteiger partial charge in [0.05, 0.1) is 17.7 Å². The van der Waals surface area contributed by atoms with E-state index in [0.29, 0.717) is 29.5 Å². The molecular formula is C12H17ClN2O3. The number of nitrogens with two attached hydrogens (primary N) is 1. The van der Waals surface area contributed by atoms with Crippen molar-refractivity contribution in [2.45, 2.75) is 20.0 Å². The Morgan fingerprint density at radius 1 is 1.44 bits per heavy atom. The van der Waals surface area contributed by atoms with Gasteiger partial charge >= 0.3 is 0 Å². The fraction of sp³-hybridized carbons (Fsp3) is 0.417. The van der Waals surface area contributed by atoms with Gasteiger partial charge in [0.1, 0.15) is 12.4 Å². The predicted molar refractivity (Wildman–Crippen MR) is 70.5 cm³/mol. The summed E-state index contributed by atoms with van der Waals surface area (Å²) >= 11 is 6.01. The van der Waals surface area contributed by atoms with Crippen LogP contribution in [0.15, 0.2) is 23.4 Å². The smallest absolute Gasteiger partial charge is 0.170 e. The van der Waals surface area contributed by atoms with Gasteiger partial charge in [-0.15, -0.1) is 0 Å². The Hall–Kier alpha value is -1.46. The predicted octanol–water partition coefficient (Wildman–Crippen LogP) is 2.24. The highest BCUT2D eigenvalue weighted by atomic mass is 35.5. The van der Waals surface area contributed by atoms with Crippen molar-refractivity contribution in [1.29, 1.82) is 0 Å². The van der Waals surface area contributed by atoms with Crippen LogP contribution >= 0.6 is 11.6 Å². The Kier molecular flexibility index (Phi) is 5.74. The fourth-order valence-corrected chi connectivity index (χ4v) is 1.51. The first-order chi connectivity index (χ1) is 8.54. The number of hydrogen-bond donors (Lipinski definition) is 2. The molecule has 0 aliphatic carbocycles. The van der Waals surface area contributed by atoms with Crippen LogP contribution < -0.4 is 10.5 Å². The van der Waals surface area contributed by atoms with Crippen LogP contribution in [-0.4, -0.2) is 30.4 Å². The number of nitrogens with zero attached hydrogens (tertiary/aromatic N) is 1. The molecule has 1 aromatic carbocycles. The third kappa shape index (κ3) is 4.43. The second-order valence-corrected chi connectivity index (χ2v) is 4.31. The van der Waals surface area contributed by atoms with Gasteiger partial charge in [-0.2, -0.15) is 0 Å². The average Bonchev–Trinajstić information content (AvgIpc) is 2.34. The molecule has 3 N–H and O–H groups in total. The highest BCUT2D eigenvalue weighted by Gasteiger charge is 2.06. The van der Waals surface area contributed by atoms with E-state index in [1.54, 1.807) is 18.2 Å². The van der Waals surface area contributed by atoms with Gasteiger partial charge in [0.2, 0.25) is 0 Å². The minimum atomic E-state index is 0.00610. The fourth-order valence-electron chi connectivity index (χ4n) is 1.27. The molecule has 0 atom stereocenters. The Bertz CT molecular complexity index is 422. The summed E-state index contributed by atoms with van der Waals surface area (Å²) in [7, 11) is 0. The van der Waals surface area contributed by atoms with E-state index >= 15 is 0 Å². The molecule has 0 aliphatic heterocycles. The van der Waals surface area contributed by atoms with Crippen molar-refractivity contribution in [2.75, 3.05) is 13.2 Å². The summed E-state index contributed by atoms with van der Waals surface area (Å²) in [4.78, 5) is 0. The molecule has 0 heterocycles. The lowest BCUT2D eigenvalue weighted by atomic mass is 10.2. The number of ether oxygens (including phenoxy) is 2. The summed E-state index contributed by atoms with van der Waals surface area (Å²) in [6.07, 6.45) is 0.173. The van der Waals surface area contributed by atoms with Crippen molar-refractivity contribution >= 4 is 17.4 Å². The zero-order chi connectivity index (χ0) is 13.5.